The molecule has 21 heavy (non-hydrogen) atoms. The summed E-state index contributed by atoms with van der Waals surface area (Å²) in [5.41, 5.74) is 1.41. The van der Waals surface area contributed by atoms with Crippen LogP contribution in [0.1, 0.15) is 50.7 Å². The number of methoxy groups -OCH3 is 1. The second kappa shape index (κ2) is 6.95. The van der Waals surface area contributed by atoms with Gasteiger partial charge in [0.15, 0.2) is 0 Å². The molecule has 0 amide bonds. The van der Waals surface area contributed by atoms with E-state index in [1.54, 1.807) is 0 Å². The Hall–Kier alpha value is -0.840. The summed E-state index contributed by atoms with van der Waals surface area (Å²) < 4.78 is 11.4. The highest BCUT2D eigenvalue weighted by Gasteiger charge is 2.21. The van der Waals surface area contributed by atoms with Crippen molar-refractivity contribution in [1.29, 1.82) is 0 Å². The van der Waals surface area contributed by atoms with Gasteiger partial charge in [0, 0.05) is 31.3 Å². The van der Waals surface area contributed by atoms with Gasteiger partial charge in [0.25, 0.3) is 0 Å². The summed E-state index contributed by atoms with van der Waals surface area (Å²) in [7, 11) is 1.81. The fourth-order valence-corrected chi connectivity index (χ4v) is 2.77. The molecule has 1 N–H and O–H groups in total. The normalized spacial score (nSPS) is 20.9. The van der Waals surface area contributed by atoms with Crippen LogP contribution in [0.15, 0.2) is 10.5 Å². The molecular formula is C17H30N2O2. The lowest BCUT2D eigenvalue weighted by molar-refractivity contribution is 0.0284. The van der Waals surface area contributed by atoms with Crippen molar-refractivity contribution < 1.29 is 9.15 Å². The predicted molar refractivity (Wildman–Crippen MR) is 85.3 cm³/mol. The van der Waals surface area contributed by atoms with E-state index in [4.69, 9.17) is 9.15 Å². The molecule has 1 aliphatic heterocycles. The molecule has 4 nitrogen and oxygen atoms in total. The molecule has 1 aromatic rings. The number of ether oxygens (including phenoxy) is 1. The molecule has 1 aliphatic rings. The molecule has 120 valence electrons. The summed E-state index contributed by atoms with van der Waals surface area (Å²) in [4.78, 5) is 2.47. The smallest absolute Gasteiger partial charge is 0.118 e. The Morgan fingerprint density at radius 2 is 2.19 bits per heavy atom. The third-order valence-electron chi connectivity index (χ3n) is 4.05. The van der Waals surface area contributed by atoms with Gasteiger partial charge in [-0.25, -0.2) is 0 Å². The van der Waals surface area contributed by atoms with Crippen molar-refractivity contribution in [2.24, 2.45) is 0 Å². The standard InChI is InChI=1S/C17H30N2O2/c1-13-14(9-16(21-13)10-18-17(2,3)4)11-19-8-6-7-15(12-19)20-5/h9,15,18H,6-8,10-12H2,1-5H3. The predicted octanol–water partition coefficient (Wildman–Crippen LogP) is 3.09. The number of piperidine rings is 1. The maximum Gasteiger partial charge on any atom is 0.118 e. The second-order valence-electron chi connectivity index (χ2n) is 7.13. The average Bonchev–Trinajstić information content (AvgIpc) is 2.77. The van der Waals surface area contributed by atoms with Crippen molar-refractivity contribution >= 4 is 0 Å². The Morgan fingerprint density at radius 3 is 2.86 bits per heavy atom. The van der Waals surface area contributed by atoms with Crippen LogP contribution in [0.25, 0.3) is 0 Å². The minimum Gasteiger partial charge on any atom is -0.465 e. The van der Waals surface area contributed by atoms with E-state index in [1.807, 2.05) is 7.11 Å². The zero-order valence-corrected chi connectivity index (χ0v) is 14.2. The van der Waals surface area contributed by atoms with E-state index in [2.05, 4.69) is 44.0 Å². The Kier molecular flexibility index (Phi) is 5.47. The molecule has 0 spiro atoms. The molecule has 0 radical (unpaired) electrons. The Bertz CT molecular complexity index is 448. The molecule has 0 saturated carbocycles. The molecule has 1 unspecified atom stereocenters. The van der Waals surface area contributed by atoms with Crippen molar-refractivity contribution in [1.82, 2.24) is 10.2 Å². The first-order valence-corrected chi connectivity index (χ1v) is 7.96. The number of aryl methyl sites for hydroxylation is 1. The summed E-state index contributed by atoms with van der Waals surface area (Å²) in [6, 6.07) is 2.20. The molecule has 1 fully saturated rings. The van der Waals surface area contributed by atoms with Crippen LogP contribution in [-0.4, -0.2) is 36.7 Å². The number of hydrogen-bond acceptors (Lipinski definition) is 4. The van der Waals surface area contributed by atoms with Crippen molar-refractivity contribution in [3.05, 3.63) is 23.2 Å². The molecule has 2 heterocycles. The first kappa shape index (κ1) is 16.5. The zero-order chi connectivity index (χ0) is 15.5. The molecule has 4 heteroatoms. The average molecular weight is 294 g/mol. The Balaban J connectivity index is 1.92. The second-order valence-corrected chi connectivity index (χ2v) is 7.13. The molecule has 2 rings (SSSR count). The van der Waals surface area contributed by atoms with Crippen LogP contribution in [0.3, 0.4) is 0 Å². The van der Waals surface area contributed by atoms with E-state index in [1.165, 1.54) is 18.4 Å². The molecule has 1 atom stereocenters. The van der Waals surface area contributed by atoms with Crippen LogP contribution in [0.4, 0.5) is 0 Å². The number of hydrogen-bond donors (Lipinski definition) is 1. The molecule has 0 bridgehead atoms. The fourth-order valence-electron chi connectivity index (χ4n) is 2.77. The van der Waals surface area contributed by atoms with E-state index in [0.717, 1.165) is 37.7 Å². The highest BCUT2D eigenvalue weighted by Crippen LogP contribution is 2.20. The van der Waals surface area contributed by atoms with Gasteiger partial charge in [-0.1, -0.05) is 0 Å². The van der Waals surface area contributed by atoms with E-state index >= 15 is 0 Å². The third-order valence-corrected chi connectivity index (χ3v) is 4.05. The Labute approximate surface area is 128 Å². The van der Waals surface area contributed by atoms with Gasteiger partial charge in [-0.2, -0.15) is 0 Å². The lowest BCUT2D eigenvalue weighted by atomic mass is 10.1. The lowest BCUT2D eigenvalue weighted by Gasteiger charge is -2.31. The van der Waals surface area contributed by atoms with Crippen LogP contribution in [0.2, 0.25) is 0 Å². The van der Waals surface area contributed by atoms with Gasteiger partial charge in [-0.05, 0) is 53.1 Å². The zero-order valence-electron chi connectivity index (χ0n) is 14.2. The van der Waals surface area contributed by atoms with Crippen molar-refractivity contribution in [2.45, 2.75) is 65.3 Å². The topological polar surface area (TPSA) is 37.6 Å². The highest BCUT2D eigenvalue weighted by atomic mass is 16.5. The van der Waals surface area contributed by atoms with Crippen LogP contribution >= 0.6 is 0 Å². The first-order valence-electron chi connectivity index (χ1n) is 7.96. The van der Waals surface area contributed by atoms with Crippen LogP contribution < -0.4 is 5.32 Å². The number of rotatable bonds is 5. The van der Waals surface area contributed by atoms with Crippen LogP contribution in [0, 0.1) is 6.92 Å². The molecule has 0 aromatic carbocycles. The van der Waals surface area contributed by atoms with Crippen molar-refractivity contribution in [3.8, 4) is 0 Å². The van der Waals surface area contributed by atoms with Crippen molar-refractivity contribution in [2.75, 3.05) is 20.2 Å². The number of nitrogens with zero attached hydrogens (tertiary/aromatic N) is 1. The summed E-state index contributed by atoms with van der Waals surface area (Å²) in [5.74, 6) is 2.07. The number of furan rings is 1. The van der Waals surface area contributed by atoms with Gasteiger partial charge >= 0.3 is 0 Å². The van der Waals surface area contributed by atoms with E-state index in [0.29, 0.717) is 6.10 Å². The first-order chi connectivity index (χ1) is 9.87. The summed E-state index contributed by atoms with van der Waals surface area (Å²) >= 11 is 0. The van der Waals surface area contributed by atoms with Gasteiger partial charge in [0.1, 0.15) is 11.5 Å². The van der Waals surface area contributed by atoms with Gasteiger partial charge in [-0.15, -0.1) is 0 Å². The quantitative estimate of drug-likeness (QED) is 0.905. The molecular weight excluding hydrogens is 264 g/mol. The van der Waals surface area contributed by atoms with Crippen LogP contribution in [-0.2, 0) is 17.8 Å². The minimum absolute atomic E-state index is 0.111. The van der Waals surface area contributed by atoms with E-state index < -0.39 is 0 Å². The van der Waals surface area contributed by atoms with Gasteiger partial charge in [0.05, 0.1) is 12.6 Å². The van der Waals surface area contributed by atoms with E-state index in [-0.39, 0.29) is 5.54 Å². The van der Waals surface area contributed by atoms with Crippen LogP contribution in [0.5, 0.6) is 0 Å². The van der Waals surface area contributed by atoms with Gasteiger partial charge < -0.3 is 14.5 Å². The lowest BCUT2D eigenvalue weighted by Crippen LogP contribution is -2.38. The number of nitrogens with one attached hydrogen (secondary N) is 1. The summed E-state index contributed by atoms with van der Waals surface area (Å²) in [6.07, 6.45) is 2.78. The minimum atomic E-state index is 0.111. The SMILES string of the molecule is COC1CCCN(Cc2cc(CNC(C)(C)C)oc2C)C1. The maximum absolute atomic E-state index is 5.88. The number of likely N-dealkylation sites (tertiary alicyclic amines) is 1. The Morgan fingerprint density at radius 1 is 1.43 bits per heavy atom. The molecule has 1 aromatic heterocycles. The molecule has 0 aliphatic carbocycles. The van der Waals surface area contributed by atoms with E-state index in [9.17, 15) is 0 Å². The monoisotopic (exact) mass is 294 g/mol. The van der Waals surface area contributed by atoms with Crippen molar-refractivity contribution in [3.63, 3.8) is 0 Å². The highest BCUT2D eigenvalue weighted by molar-refractivity contribution is 5.21. The summed E-state index contributed by atoms with van der Waals surface area (Å²) in [5, 5.41) is 3.47. The van der Waals surface area contributed by atoms with Gasteiger partial charge in [-0.3, -0.25) is 4.90 Å². The van der Waals surface area contributed by atoms with Gasteiger partial charge in [0.2, 0.25) is 0 Å². The maximum atomic E-state index is 5.88. The third kappa shape index (κ3) is 5.13. The molecule has 1 saturated heterocycles. The fraction of sp³-hybridized carbons (Fsp3) is 0.765. The largest absolute Gasteiger partial charge is 0.465 e. The summed E-state index contributed by atoms with van der Waals surface area (Å²) in [6.45, 7) is 12.5.